The summed E-state index contributed by atoms with van der Waals surface area (Å²) in [5, 5.41) is 11.7. The highest BCUT2D eigenvalue weighted by Gasteiger charge is 2.31. The molecule has 0 unspecified atom stereocenters. The summed E-state index contributed by atoms with van der Waals surface area (Å²) >= 11 is 1.38. The van der Waals surface area contributed by atoms with Crippen LogP contribution in [0.3, 0.4) is 0 Å². The average molecular weight is 387 g/mol. The smallest absolute Gasteiger partial charge is 0.315 e. The van der Waals surface area contributed by atoms with Crippen molar-refractivity contribution in [3.63, 3.8) is 0 Å². The third kappa shape index (κ3) is 3.72. The number of aryl methyl sites for hydroxylation is 1. The molecule has 0 radical (unpaired) electrons. The minimum atomic E-state index is -4.43. The van der Waals surface area contributed by atoms with Gasteiger partial charge in [-0.25, -0.2) is 4.98 Å². The predicted molar refractivity (Wildman–Crippen MR) is 97.9 cm³/mol. The number of benzene rings is 1. The highest BCUT2D eigenvalue weighted by molar-refractivity contribution is 7.22. The topological polar surface area (TPSA) is 63.6 Å². The van der Waals surface area contributed by atoms with Crippen molar-refractivity contribution in [1.82, 2.24) is 20.2 Å². The Morgan fingerprint density at radius 2 is 1.81 bits per heavy atom. The van der Waals surface area contributed by atoms with Crippen LogP contribution in [0, 0.1) is 6.92 Å². The first kappa shape index (κ1) is 17.3. The largest absolute Gasteiger partial charge is 0.417 e. The second-order valence-electron chi connectivity index (χ2n) is 5.85. The van der Waals surface area contributed by atoms with Crippen LogP contribution in [-0.4, -0.2) is 20.2 Å². The highest BCUT2D eigenvalue weighted by atomic mass is 32.1. The zero-order valence-corrected chi connectivity index (χ0v) is 14.8. The quantitative estimate of drug-likeness (QED) is 0.522. The van der Waals surface area contributed by atoms with Crippen LogP contribution in [0.1, 0.15) is 11.3 Å². The maximum Gasteiger partial charge on any atom is 0.417 e. The van der Waals surface area contributed by atoms with Gasteiger partial charge in [-0.05, 0) is 42.8 Å². The Kier molecular flexibility index (Phi) is 4.23. The maximum atomic E-state index is 12.9. The zero-order chi connectivity index (χ0) is 19.0. The molecule has 4 rings (SSSR count). The summed E-state index contributed by atoms with van der Waals surface area (Å²) in [7, 11) is 0. The van der Waals surface area contributed by atoms with E-state index in [1.807, 2.05) is 13.0 Å². The lowest BCUT2D eigenvalue weighted by Gasteiger charge is -2.08. The van der Waals surface area contributed by atoms with Gasteiger partial charge in [0.25, 0.3) is 0 Å². The van der Waals surface area contributed by atoms with Gasteiger partial charge in [0.1, 0.15) is 0 Å². The molecule has 0 atom stereocenters. The Balaban J connectivity index is 1.66. The first-order valence-corrected chi connectivity index (χ1v) is 8.71. The summed E-state index contributed by atoms with van der Waals surface area (Å²) in [5.74, 6) is 0.571. The Morgan fingerprint density at radius 1 is 0.963 bits per heavy atom. The van der Waals surface area contributed by atoms with E-state index in [1.165, 1.54) is 17.5 Å². The predicted octanol–water partition coefficient (Wildman–Crippen LogP) is 5.22. The normalized spacial score (nSPS) is 11.7. The van der Waals surface area contributed by atoms with Crippen LogP contribution in [0.25, 0.3) is 21.3 Å². The molecule has 1 aromatic carbocycles. The van der Waals surface area contributed by atoms with E-state index in [1.54, 1.807) is 24.3 Å². The standard InChI is InChI=1S/C18H12F3N5S/c1-10-2-5-16(26-25-10)24-17-23-14-4-3-11(7-15(14)27-17)12-6-13(9-22-8-12)18(19,20)21/h2-9H,1H3,(H,23,24,26). The molecule has 4 aromatic rings. The maximum absolute atomic E-state index is 12.9. The Hall–Kier alpha value is -3.07. The lowest BCUT2D eigenvalue weighted by Crippen LogP contribution is -2.05. The number of hydrogen-bond donors (Lipinski definition) is 1. The Morgan fingerprint density at radius 3 is 2.56 bits per heavy atom. The van der Waals surface area contributed by atoms with Gasteiger partial charge in [0.05, 0.1) is 21.5 Å². The number of alkyl halides is 3. The summed E-state index contributed by atoms with van der Waals surface area (Å²) in [6, 6.07) is 10.0. The van der Waals surface area contributed by atoms with Crippen LogP contribution < -0.4 is 5.32 Å². The zero-order valence-electron chi connectivity index (χ0n) is 13.9. The van der Waals surface area contributed by atoms with Gasteiger partial charge in [0, 0.05) is 18.0 Å². The Labute approximate surface area is 155 Å². The van der Waals surface area contributed by atoms with Crippen molar-refractivity contribution in [1.29, 1.82) is 0 Å². The molecule has 0 fully saturated rings. The van der Waals surface area contributed by atoms with Crippen LogP contribution in [0.5, 0.6) is 0 Å². The van der Waals surface area contributed by atoms with E-state index >= 15 is 0 Å². The van der Waals surface area contributed by atoms with Crippen LogP contribution >= 0.6 is 11.3 Å². The number of nitrogens with one attached hydrogen (secondary N) is 1. The number of hydrogen-bond acceptors (Lipinski definition) is 6. The number of pyridine rings is 1. The van der Waals surface area contributed by atoms with E-state index in [9.17, 15) is 13.2 Å². The van der Waals surface area contributed by atoms with Crippen molar-refractivity contribution in [3.8, 4) is 11.1 Å². The second-order valence-corrected chi connectivity index (χ2v) is 6.88. The van der Waals surface area contributed by atoms with Crippen LogP contribution in [0.2, 0.25) is 0 Å². The SMILES string of the molecule is Cc1ccc(Nc2nc3ccc(-c4cncc(C(F)(F)F)c4)cc3s2)nn1. The highest BCUT2D eigenvalue weighted by Crippen LogP contribution is 2.34. The summed E-state index contributed by atoms with van der Waals surface area (Å²) in [4.78, 5) is 8.18. The lowest BCUT2D eigenvalue weighted by atomic mass is 10.1. The number of halogens is 3. The van der Waals surface area contributed by atoms with Crippen LogP contribution in [0.4, 0.5) is 24.1 Å². The molecule has 5 nitrogen and oxygen atoms in total. The van der Waals surface area contributed by atoms with Gasteiger partial charge >= 0.3 is 6.18 Å². The van der Waals surface area contributed by atoms with E-state index in [2.05, 4.69) is 25.5 Å². The van der Waals surface area contributed by atoms with Gasteiger partial charge in [-0.3, -0.25) is 4.98 Å². The van der Waals surface area contributed by atoms with E-state index in [4.69, 9.17) is 0 Å². The molecule has 3 heterocycles. The molecule has 0 saturated carbocycles. The molecular weight excluding hydrogens is 375 g/mol. The van der Waals surface area contributed by atoms with Crippen LogP contribution in [-0.2, 0) is 6.18 Å². The van der Waals surface area contributed by atoms with Crippen molar-refractivity contribution in [3.05, 3.63) is 60.0 Å². The van der Waals surface area contributed by atoms with E-state index in [0.717, 1.165) is 28.2 Å². The third-order valence-electron chi connectivity index (χ3n) is 3.82. The summed E-state index contributed by atoms with van der Waals surface area (Å²) in [5.41, 5.74) is 1.82. The number of thiazole rings is 1. The number of anilines is 2. The molecule has 0 bridgehead atoms. The number of aromatic nitrogens is 4. The number of rotatable bonds is 3. The van der Waals surface area contributed by atoms with Gasteiger partial charge in [-0.2, -0.15) is 18.3 Å². The molecule has 0 aliphatic rings. The van der Waals surface area contributed by atoms with Gasteiger partial charge in [-0.1, -0.05) is 17.4 Å². The molecule has 9 heteroatoms. The average Bonchev–Trinajstić information content (AvgIpc) is 3.04. The van der Waals surface area contributed by atoms with Gasteiger partial charge < -0.3 is 5.32 Å². The second kappa shape index (κ2) is 6.58. The van der Waals surface area contributed by atoms with E-state index < -0.39 is 11.7 Å². The summed E-state index contributed by atoms with van der Waals surface area (Å²) < 4.78 is 39.6. The molecule has 1 N–H and O–H groups in total. The van der Waals surface area contributed by atoms with Crippen molar-refractivity contribution < 1.29 is 13.2 Å². The van der Waals surface area contributed by atoms with Gasteiger partial charge in [-0.15, -0.1) is 5.10 Å². The fourth-order valence-electron chi connectivity index (χ4n) is 2.49. The fraction of sp³-hybridized carbons (Fsp3) is 0.111. The van der Waals surface area contributed by atoms with Crippen LogP contribution in [0.15, 0.2) is 48.8 Å². The number of fused-ring (bicyclic) bond motifs is 1. The number of nitrogens with zero attached hydrogens (tertiary/aromatic N) is 4. The minimum Gasteiger partial charge on any atom is -0.315 e. The Bertz CT molecular complexity index is 1110. The van der Waals surface area contributed by atoms with Gasteiger partial charge in [0.2, 0.25) is 0 Å². The molecule has 0 aliphatic heterocycles. The molecule has 0 spiro atoms. The first-order valence-electron chi connectivity index (χ1n) is 7.89. The summed E-state index contributed by atoms with van der Waals surface area (Å²) in [6.07, 6.45) is -2.19. The first-order chi connectivity index (χ1) is 12.9. The third-order valence-corrected chi connectivity index (χ3v) is 4.75. The molecule has 0 saturated heterocycles. The van der Waals surface area contributed by atoms with E-state index in [-0.39, 0.29) is 0 Å². The molecule has 0 amide bonds. The van der Waals surface area contributed by atoms with E-state index in [0.29, 0.717) is 22.1 Å². The fourth-order valence-corrected chi connectivity index (χ4v) is 3.40. The molecule has 3 aromatic heterocycles. The monoisotopic (exact) mass is 387 g/mol. The van der Waals surface area contributed by atoms with Crippen molar-refractivity contribution >= 4 is 32.5 Å². The van der Waals surface area contributed by atoms with Crippen molar-refractivity contribution in [2.75, 3.05) is 5.32 Å². The van der Waals surface area contributed by atoms with Crippen molar-refractivity contribution in [2.24, 2.45) is 0 Å². The minimum absolute atomic E-state index is 0.402. The van der Waals surface area contributed by atoms with Crippen molar-refractivity contribution in [2.45, 2.75) is 13.1 Å². The molecule has 136 valence electrons. The lowest BCUT2D eigenvalue weighted by molar-refractivity contribution is -0.137. The van der Waals surface area contributed by atoms with Gasteiger partial charge in [0.15, 0.2) is 10.9 Å². The molecule has 0 aliphatic carbocycles. The molecular formula is C18H12F3N5S. The molecule has 27 heavy (non-hydrogen) atoms. The summed E-state index contributed by atoms with van der Waals surface area (Å²) in [6.45, 7) is 1.85.